The lowest BCUT2D eigenvalue weighted by Gasteiger charge is -2.07. The number of nitrogens with one attached hydrogen (secondary N) is 1. The number of hydrogen-bond acceptors (Lipinski definition) is 2. The van der Waals surface area contributed by atoms with E-state index in [0.717, 1.165) is 16.3 Å². The summed E-state index contributed by atoms with van der Waals surface area (Å²) in [6.07, 6.45) is -3.22. The minimum atomic E-state index is -4.45. The van der Waals surface area contributed by atoms with Gasteiger partial charge in [0.1, 0.15) is 0 Å². The van der Waals surface area contributed by atoms with Gasteiger partial charge in [-0.3, -0.25) is 0 Å². The lowest BCUT2D eigenvalue weighted by Crippen LogP contribution is -2.08. The molecule has 2 aromatic rings. The molecule has 1 heterocycles. The number of rotatable bonds is 3. The molecule has 19 heavy (non-hydrogen) atoms. The quantitative estimate of drug-likeness (QED) is 0.940. The minimum absolute atomic E-state index is 0.351. The van der Waals surface area contributed by atoms with E-state index in [1.807, 2.05) is 0 Å². The van der Waals surface area contributed by atoms with Crippen LogP contribution in [0.15, 0.2) is 30.5 Å². The molecule has 1 aromatic heterocycles. The molecule has 0 unspecified atom stereocenters. The van der Waals surface area contributed by atoms with Crippen molar-refractivity contribution in [3.63, 3.8) is 0 Å². The Kier molecular flexibility index (Phi) is 3.82. The number of aromatic nitrogens is 2. The third kappa shape index (κ3) is 3.08. The maximum Gasteiger partial charge on any atom is 0.435 e. The van der Waals surface area contributed by atoms with E-state index in [1.165, 1.54) is 6.20 Å². The van der Waals surface area contributed by atoms with E-state index in [4.69, 9.17) is 11.6 Å². The highest BCUT2D eigenvalue weighted by Gasteiger charge is 2.33. The fraction of sp³-hybridized carbons (Fsp3) is 0.250. The Morgan fingerprint density at radius 3 is 2.58 bits per heavy atom. The molecule has 0 spiro atoms. The Labute approximate surface area is 113 Å². The number of hydrogen-bond donors (Lipinski definition) is 1. The highest BCUT2D eigenvalue weighted by molar-refractivity contribution is 6.32. The molecule has 0 aliphatic rings. The zero-order valence-electron chi connectivity index (χ0n) is 10.0. The monoisotopic (exact) mass is 289 g/mol. The van der Waals surface area contributed by atoms with Crippen molar-refractivity contribution >= 4 is 11.6 Å². The van der Waals surface area contributed by atoms with E-state index in [9.17, 15) is 13.2 Å². The molecule has 0 atom stereocenters. The minimum Gasteiger partial charge on any atom is -0.316 e. The summed E-state index contributed by atoms with van der Waals surface area (Å²) in [6, 6.07) is 6.04. The summed E-state index contributed by atoms with van der Waals surface area (Å²) >= 11 is 6.05. The van der Waals surface area contributed by atoms with Gasteiger partial charge in [-0.1, -0.05) is 17.7 Å². The second-order valence-corrected chi connectivity index (χ2v) is 4.37. The molecule has 0 fully saturated rings. The molecule has 1 aromatic carbocycles. The van der Waals surface area contributed by atoms with Gasteiger partial charge in [0.05, 0.1) is 10.7 Å². The lowest BCUT2D eigenvalue weighted by atomic mass is 10.2. The first-order valence-corrected chi connectivity index (χ1v) is 5.86. The molecule has 0 amide bonds. The Hall–Kier alpha value is -1.53. The number of alkyl halides is 3. The average molecular weight is 290 g/mol. The van der Waals surface area contributed by atoms with Gasteiger partial charge >= 0.3 is 6.18 Å². The Morgan fingerprint density at radius 2 is 2.05 bits per heavy atom. The molecule has 0 bridgehead atoms. The maximum absolute atomic E-state index is 12.5. The highest BCUT2D eigenvalue weighted by atomic mass is 35.5. The molecule has 0 saturated carbocycles. The summed E-state index contributed by atoms with van der Waals surface area (Å²) in [5.74, 6) is 0. The van der Waals surface area contributed by atoms with Crippen LogP contribution >= 0.6 is 11.6 Å². The SMILES string of the molecule is CNCc1ccc(-n2ccc(C(F)(F)F)n2)c(Cl)c1. The van der Waals surface area contributed by atoms with Gasteiger partial charge in [-0.2, -0.15) is 18.3 Å². The molecule has 7 heteroatoms. The molecular formula is C12H11ClF3N3. The van der Waals surface area contributed by atoms with Crippen molar-refractivity contribution in [3.8, 4) is 5.69 Å². The molecular weight excluding hydrogens is 279 g/mol. The molecule has 102 valence electrons. The van der Waals surface area contributed by atoms with Gasteiger partial charge in [0.2, 0.25) is 0 Å². The van der Waals surface area contributed by atoms with E-state index in [1.54, 1.807) is 25.2 Å². The van der Waals surface area contributed by atoms with Crippen LogP contribution in [0, 0.1) is 0 Å². The molecule has 0 aliphatic heterocycles. The predicted octanol–water partition coefficient (Wildman–Crippen LogP) is 3.26. The van der Waals surface area contributed by atoms with E-state index in [-0.39, 0.29) is 0 Å². The smallest absolute Gasteiger partial charge is 0.316 e. The van der Waals surface area contributed by atoms with Gasteiger partial charge in [0.15, 0.2) is 5.69 Å². The number of benzene rings is 1. The van der Waals surface area contributed by atoms with Crippen LogP contribution in [-0.2, 0) is 12.7 Å². The van der Waals surface area contributed by atoms with Gasteiger partial charge in [-0.15, -0.1) is 0 Å². The second kappa shape index (κ2) is 5.22. The van der Waals surface area contributed by atoms with Crippen molar-refractivity contribution in [2.24, 2.45) is 0 Å². The predicted molar refractivity (Wildman–Crippen MR) is 66.3 cm³/mol. The highest BCUT2D eigenvalue weighted by Crippen LogP contribution is 2.29. The van der Waals surface area contributed by atoms with Crippen LogP contribution in [0.3, 0.4) is 0 Å². The van der Waals surface area contributed by atoms with Crippen molar-refractivity contribution in [3.05, 3.63) is 46.7 Å². The molecule has 3 nitrogen and oxygen atoms in total. The van der Waals surface area contributed by atoms with Crippen molar-refractivity contribution < 1.29 is 13.2 Å². The van der Waals surface area contributed by atoms with Crippen LogP contribution in [0.2, 0.25) is 5.02 Å². The largest absolute Gasteiger partial charge is 0.435 e. The molecule has 2 rings (SSSR count). The Balaban J connectivity index is 2.34. The summed E-state index contributed by atoms with van der Waals surface area (Å²) in [6.45, 7) is 0.632. The number of halogens is 4. The summed E-state index contributed by atoms with van der Waals surface area (Å²) in [5.41, 5.74) is 0.416. The first kappa shape index (κ1) is 13.9. The van der Waals surface area contributed by atoms with Gasteiger partial charge in [0, 0.05) is 12.7 Å². The summed E-state index contributed by atoms with van der Waals surface area (Å²) in [7, 11) is 1.80. The van der Waals surface area contributed by atoms with Crippen molar-refractivity contribution in [1.29, 1.82) is 0 Å². The summed E-state index contributed by atoms with van der Waals surface area (Å²) in [5, 5.41) is 6.80. The Morgan fingerprint density at radius 1 is 1.32 bits per heavy atom. The molecule has 0 saturated heterocycles. The number of nitrogens with zero attached hydrogens (tertiary/aromatic N) is 2. The van der Waals surface area contributed by atoms with Crippen molar-refractivity contribution in [2.45, 2.75) is 12.7 Å². The summed E-state index contributed by atoms with van der Waals surface area (Å²) in [4.78, 5) is 0. The first-order chi connectivity index (χ1) is 8.91. The maximum atomic E-state index is 12.5. The second-order valence-electron chi connectivity index (χ2n) is 3.96. The third-order valence-corrected chi connectivity index (χ3v) is 2.82. The van der Waals surface area contributed by atoms with Crippen LogP contribution in [0.25, 0.3) is 5.69 Å². The van der Waals surface area contributed by atoms with Crippen LogP contribution < -0.4 is 5.32 Å². The first-order valence-electron chi connectivity index (χ1n) is 5.48. The van der Waals surface area contributed by atoms with Crippen LogP contribution in [-0.4, -0.2) is 16.8 Å². The zero-order valence-corrected chi connectivity index (χ0v) is 10.8. The van der Waals surface area contributed by atoms with E-state index in [2.05, 4.69) is 10.4 Å². The van der Waals surface area contributed by atoms with Crippen molar-refractivity contribution in [1.82, 2.24) is 15.1 Å². The lowest BCUT2D eigenvalue weighted by molar-refractivity contribution is -0.141. The van der Waals surface area contributed by atoms with Gasteiger partial charge in [-0.05, 0) is 30.8 Å². The van der Waals surface area contributed by atoms with Gasteiger partial charge in [-0.25, -0.2) is 4.68 Å². The summed E-state index contributed by atoms with van der Waals surface area (Å²) < 4.78 is 38.5. The molecule has 0 aliphatic carbocycles. The molecule has 1 N–H and O–H groups in total. The van der Waals surface area contributed by atoms with Crippen molar-refractivity contribution in [2.75, 3.05) is 7.05 Å². The molecule has 0 radical (unpaired) electrons. The Bertz CT molecular complexity index is 578. The fourth-order valence-electron chi connectivity index (χ4n) is 1.66. The van der Waals surface area contributed by atoms with E-state index >= 15 is 0 Å². The van der Waals surface area contributed by atoms with Gasteiger partial charge < -0.3 is 5.32 Å². The average Bonchev–Trinajstić information content (AvgIpc) is 2.78. The van der Waals surface area contributed by atoms with Crippen LogP contribution in [0.1, 0.15) is 11.3 Å². The van der Waals surface area contributed by atoms with E-state index < -0.39 is 11.9 Å². The fourth-order valence-corrected chi connectivity index (χ4v) is 1.95. The van der Waals surface area contributed by atoms with Gasteiger partial charge in [0.25, 0.3) is 0 Å². The third-order valence-electron chi connectivity index (χ3n) is 2.52. The normalized spacial score (nSPS) is 11.8. The van der Waals surface area contributed by atoms with Crippen LogP contribution in [0.5, 0.6) is 0 Å². The van der Waals surface area contributed by atoms with E-state index in [0.29, 0.717) is 17.3 Å². The van der Waals surface area contributed by atoms with Crippen LogP contribution in [0.4, 0.5) is 13.2 Å². The zero-order chi connectivity index (χ0) is 14.0. The topological polar surface area (TPSA) is 29.9 Å². The standard InChI is InChI=1S/C12H11ClF3N3/c1-17-7-8-2-3-10(9(13)6-8)19-5-4-11(18-19)12(14,15)16/h2-6,17H,7H2,1H3.